The monoisotopic (exact) mass is 544 g/mol. The highest BCUT2D eigenvalue weighted by atomic mass is 16.5. The summed E-state index contributed by atoms with van der Waals surface area (Å²) < 4.78 is 7.86. The first-order chi connectivity index (χ1) is 20.1. The average Bonchev–Trinajstić information content (AvgIpc) is 3.41. The van der Waals surface area contributed by atoms with Crippen molar-refractivity contribution in [3.63, 3.8) is 0 Å². The van der Waals surface area contributed by atoms with Gasteiger partial charge in [0.05, 0.1) is 0 Å². The number of para-hydroxylation sites is 1. The maximum absolute atomic E-state index is 13.7. The minimum atomic E-state index is -0.220. The van der Waals surface area contributed by atoms with Gasteiger partial charge in [0, 0.05) is 32.1 Å². The number of aryl methyl sites for hydroxylation is 1. The van der Waals surface area contributed by atoms with Crippen LogP contribution in [-0.2, 0) is 19.4 Å². The van der Waals surface area contributed by atoms with Crippen LogP contribution in [0.5, 0.6) is 11.5 Å². The van der Waals surface area contributed by atoms with Gasteiger partial charge in [-0.15, -0.1) is 0 Å². The van der Waals surface area contributed by atoms with Crippen LogP contribution in [0.1, 0.15) is 45.1 Å². The summed E-state index contributed by atoms with van der Waals surface area (Å²) in [6, 6.07) is 31.1. The molecule has 0 saturated carbocycles. The average molecular weight is 545 g/mol. The Hall–Kier alpha value is -4.91. The number of benzene rings is 4. The number of aromatic nitrogens is 2. The highest BCUT2D eigenvalue weighted by molar-refractivity contribution is 6.15. The molecule has 0 radical (unpaired) electrons. The fourth-order valence-corrected chi connectivity index (χ4v) is 5.37. The van der Waals surface area contributed by atoms with Gasteiger partial charge in [0.15, 0.2) is 11.5 Å². The molecule has 5 aromatic rings. The lowest BCUT2D eigenvalue weighted by Crippen LogP contribution is -2.33. The van der Waals surface area contributed by atoms with E-state index >= 15 is 0 Å². The zero-order valence-electron chi connectivity index (χ0n) is 23.0. The van der Waals surface area contributed by atoms with Crippen molar-refractivity contribution in [3.8, 4) is 11.5 Å². The lowest BCUT2D eigenvalue weighted by Gasteiger charge is -2.19. The number of hydrogen-bond acceptors (Lipinski definition) is 4. The fraction of sp³-hybridized carbons (Fsp3) is 0.206. The van der Waals surface area contributed by atoms with E-state index in [1.54, 1.807) is 7.05 Å². The summed E-state index contributed by atoms with van der Waals surface area (Å²) >= 11 is 0. The van der Waals surface area contributed by atoms with Crippen LogP contribution >= 0.6 is 0 Å². The third kappa shape index (κ3) is 5.57. The molecule has 206 valence electrons. The molecule has 1 aliphatic heterocycles. The van der Waals surface area contributed by atoms with Gasteiger partial charge >= 0.3 is 0 Å². The van der Waals surface area contributed by atoms with Crippen molar-refractivity contribution in [2.75, 3.05) is 18.5 Å². The second-order valence-electron chi connectivity index (χ2n) is 10.3. The summed E-state index contributed by atoms with van der Waals surface area (Å²) in [7, 11) is 1.70. The zero-order valence-corrected chi connectivity index (χ0v) is 23.0. The predicted molar refractivity (Wildman–Crippen MR) is 161 cm³/mol. The number of hydrogen-bond donors (Lipinski definition) is 1. The molecule has 2 heterocycles. The molecule has 1 aliphatic rings. The van der Waals surface area contributed by atoms with Crippen molar-refractivity contribution in [1.29, 1.82) is 0 Å². The second-order valence-corrected chi connectivity index (χ2v) is 10.3. The summed E-state index contributed by atoms with van der Waals surface area (Å²) in [5.74, 6) is 2.39. The van der Waals surface area contributed by atoms with E-state index in [9.17, 15) is 9.59 Å². The Morgan fingerprint density at radius 3 is 2.44 bits per heavy atom. The Kier molecular flexibility index (Phi) is 7.50. The van der Waals surface area contributed by atoms with Gasteiger partial charge in [-0.1, -0.05) is 66.7 Å². The van der Waals surface area contributed by atoms with Gasteiger partial charge in [-0.3, -0.25) is 14.5 Å². The highest BCUT2D eigenvalue weighted by Crippen LogP contribution is 2.28. The Bertz CT molecular complexity index is 1690. The molecule has 4 aromatic carbocycles. The first kappa shape index (κ1) is 26.3. The molecule has 7 nitrogen and oxygen atoms in total. The van der Waals surface area contributed by atoms with E-state index in [4.69, 9.17) is 9.72 Å². The number of rotatable bonds is 8. The van der Waals surface area contributed by atoms with Crippen LogP contribution in [0.4, 0.5) is 5.82 Å². The van der Waals surface area contributed by atoms with E-state index in [0.29, 0.717) is 36.6 Å². The van der Waals surface area contributed by atoms with E-state index in [1.807, 2.05) is 102 Å². The summed E-state index contributed by atoms with van der Waals surface area (Å²) in [5, 5.41) is 4.94. The normalized spacial score (nSPS) is 12.5. The Morgan fingerprint density at radius 1 is 0.878 bits per heavy atom. The van der Waals surface area contributed by atoms with Crippen molar-refractivity contribution in [2.45, 2.75) is 32.2 Å². The number of carbonyl (C=O) groups excluding carboxylic acids is 2. The SMILES string of the molecule is CN(C(=O)c1cccc2ccccc12)c1nc2n(c1C(=O)NCCc1ccc(Oc3ccccc3)cc1)CCCC2. The second kappa shape index (κ2) is 11.7. The van der Waals surface area contributed by atoms with Crippen molar-refractivity contribution in [2.24, 2.45) is 0 Å². The van der Waals surface area contributed by atoms with Crippen LogP contribution in [0.2, 0.25) is 0 Å². The predicted octanol–water partition coefficient (Wildman–Crippen LogP) is 6.41. The topological polar surface area (TPSA) is 76.5 Å². The van der Waals surface area contributed by atoms with Crippen LogP contribution in [0.3, 0.4) is 0 Å². The number of amides is 2. The third-order valence-corrected chi connectivity index (χ3v) is 7.52. The van der Waals surface area contributed by atoms with Crippen LogP contribution in [-0.4, -0.2) is 35.0 Å². The van der Waals surface area contributed by atoms with Crippen LogP contribution < -0.4 is 15.0 Å². The summed E-state index contributed by atoms with van der Waals surface area (Å²) in [6.07, 6.45) is 3.44. The lowest BCUT2D eigenvalue weighted by molar-refractivity contribution is 0.0944. The molecule has 7 heteroatoms. The van der Waals surface area contributed by atoms with Gasteiger partial charge in [0.2, 0.25) is 0 Å². The van der Waals surface area contributed by atoms with Gasteiger partial charge in [-0.25, -0.2) is 4.98 Å². The molecule has 0 atom stereocenters. The molecule has 0 spiro atoms. The van der Waals surface area contributed by atoms with Gasteiger partial charge < -0.3 is 14.6 Å². The van der Waals surface area contributed by atoms with E-state index in [1.165, 1.54) is 4.90 Å². The summed E-state index contributed by atoms with van der Waals surface area (Å²) in [4.78, 5) is 33.6. The maximum atomic E-state index is 13.7. The zero-order chi connectivity index (χ0) is 28.2. The van der Waals surface area contributed by atoms with Gasteiger partial charge in [-0.2, -0.15) is 0 Å². The Balaban J connectivity index is 1.17. The van der Waals surface area contributed by atoms with Crippen LogP contribution in [0, 0.1) is 0 Å². The third-order valence-electron chi connectivity index (χ3n) is 7.52. The number of ether oxygens (including phenoxy) is 1. The van der Waals surface area contributed by atoms with Crippen LogP contribution in [0.25, 0.3) is 10.8 Å². The number of nitrogens with one attached hydrogen (secondary N) is 1. The summed E-state index contributed by atoms with van der Waals surface area (Å²) in [5.41, 5.74) is 2.12. The highest BCUT2D eigenvalue weighted by Gasteiger charge is 2.29. The number of imidazole rings is 1. The molecule has 41 heavy (non-hydrogen) atoms. The molecule has 0 bridgehead atoms. The molecule has 1 aromatic heterocycles. The molecule has 6 rings (SSSR count). The van der Waals surface area contributed by atoms with E-state index in [-0.39, 0.29) is 11.8 Å². The van der Waals surface area contributed by atoms with Gasteiger partial charge in [0.1, 0.15) is 17.3 Å². The van der Waals surface area contributed by atoms with Crippen molar-refractivity contribution in [1.82, 2.24) is 14.9 Å². The first-order valence-corrected chi connectivity index (χ1v) is 14.0. The van der Waals surface area contributed by atoms with Crippen molar-refractivity contribution < 1.29 is 14.3 Å². The number of nitrogens with zero attached hydrogens (tertiary/aromatic N) is 3. The summed E-state index contributed by atoms with van der Waals surface area (Å²) in [6.45, 7) is 1.17. The number of anilines is 1. The molecule has 0 aliphatic carbocycles. The van der Waals surface area contributed by atoms with Crippen molar-refractivity contribution >= 4 is 28.4 Å². The number of fused-ring (bicyclic) bond motifs is 2. The van der Waals surface area contributed by atoms with Crippen molar-refractivity contribution in [3.05, 3.63) is 120 Å². The quantitative estimate of drug-likeness (QED) is 0.245. The molecular weight excluding hydrogens is 512 g/mol. The van der Waals surface area contributed by atoms with Gasteiger partial charge in [-0.05, 0) is 65.9 Å². The molecule has 0 unspecified atom stereocenters. The number of carbonyl (C=O) groups is 2. The van der Waals surface area contributed by atoms with E-state index < -0.39 is 0 Å². The Morgan fingerprint density at radius 2 is 1.61 bits per heavy atom. The smallest absolute Gasteiger partial charge is 0.271 e. The molecule has 0 fully saturated rings. The molecule has 0 saturated heterocycles. The largest absolute Gasteiger partial charge is 0.457 e. The molecule has 2 amide bonds. The minimum absolute atomic E-state index is 0.191. The lowest BCUT2D eigenvalue weighted by atomic mass is 10.0. The minimum Gasteiger partial charge on any atom is -0.457 e. The maximum Gasteiger partial charge on any atom is 0.271 e. The first-order valence-electron chi connectivity index (χ1n) is 14.0. The van der Waals surface area contributed by atoms with E-state index in [0.717, 1.165) is 52.9 Å². The Labute approximate surface area is 239 Å². The molecular formula is C34H32N4O3. The van der Waals surface area contributed by atoms with E-state index in [2.05, 4.69) is 5.32 Å². The van der Waals surface area contributed by atoms with Gasteiger partial charge in [0.25, 0.3) is 11.8 Å². The molecule has 1 N–H and O–H groups in total. The van der Waals surface area contributed by atoms with Crippen LogP contribution in [0.15, 0.2) is 97.1 Å². The standard InChI is InChI=1S/C34H32N4O3/c1-37(34(40)29-15-9-11-25-10-5-6-14-28(25)29)32-31(38-23-8-7-16-30(38)36-32)33(39)35-22-21-24-17-19-27(20-18-24)41-26-12-3-2-4-13-26/h2-6,9-15,17-20H,7-8,16,21-23H2,1H3,(H,35,39). The fourth-order valence-electron chi connectivity index (χ4n) is 5.37.